The molecule has 2 heterocycles. The highest BCUT2D eigenvalue weighted by Crippen LogP contribution is 2.25. The zero-order chi connectivity index (χ0) is 15.4. The van der Waals surface area contributed by atoms with E-state index in [1.165, 1.54) is 0 Å². The minimum atomic E-state index is 0.0582. The van der Waals surface area contributed by atoms with E-state index in [4.69, 9.17) is 0 Å². The smallest absolute Gasteiger partial charge is 0.225 e. The van der Waals surface area contributed by atoms with Crippen LogP contribution in [0.15, 0.2) is 12.5 Å². The standard InChI is InChI=1S/C16H28N4O/c1-5-18(6-2)8-7-14-10-19(16(21)13(3)4)11-15-9-17-12-20(14)15/h9,12-14H,5-8,10-11H2,1-4H3/t14-/m1/s1. The summed E-state index contributed by atoms with van der Waals surface area (Å²) in [4.78, 5) is 21.0. The highest BCUT2D eigenvalue weighted by molar-refractivity contribution is 5.78. The van der Waals surface area contributed by atoms with Gasteiger partial charge in [0.2, 0.25) is 5.91 Å². The molecule has 0 aromatic carbocycles. The highest BCUT2D eigenvalue weighted by atomic mass is 16.2. The van der Waals surface area contributed by atoms with E-state index in [9.17, 15) is 4.79 Å². The van der Waals surface area contributed by atoms with Crippen molar-refractivity contribution in [2.45, 2.75) is 46.7 Å². The summed E-state index contributed by atoms with van der Waals surface area (Å²) in [6.45, 7) is 13.1. The molecule has 1 aliphatic rings. The number of aromatic nitrogens is 2. The molecule has 2 rings (SSSR count). The Morgan fingerprint density at radius 1 is 1.43 bits per heavy atom. The molecule has 0 saturated heterocycles. The van der Waals surface area contributed by atoms with Gasteiger partial charge in [0.15, 0.2) is 0 Å². The molecule has 21 heavy (non-hydrogen) atoms. The Kier molecular flexibility index (Phi) is 5.39. The number of carbonyl (C=O) groups is 1. The normalized spacial score (nSPS) is 18.4. The van der Waals surface area contributed by atoms with Crippen molar-refractivity contribution in [2.75, 3.05) is 26.2 Å². The van der Waals surface area contributed by atoms with Crippen LogP contribution in [-0.2, 0) is 11.3 Å². The Morgan fingerprint density at radius 3 is 2.76 bits per heavy atom. The summed E-state index contributed by atoms with van der Waals surface area (Å²) in [6.07, 6.45) is 4.87. The summed E-state index contributed by atoms with van der Waals surface area (Å²) in [5, 5.41) is 0. The van der Waals surface area contributed by atoms with Crippen LogP contribution in [0.3, 0.4) is 0 Å². The molecule has 1 aromatic rings. The molecule has 5 nitrogen and oxygen atoms in total. The first-order valence-corrected chi connectivity index (χ1v) is 8.08. The number of hydrogen-bond acceptors (Lipinski definition) is 3. The Labute approximate surface area is 127 Å². The van der Waals surface area contributed by atoms with Crippen molar-refractivity contribution >= 4 is 5.91 Å². The van der Waals surface area contributed by atoms with E-state index in [2.05, 4.69) is 28.3 Å². The third kappa shape index (κ3) is 3.64. The second-order valence-corrected chi connectivity index (χ2v) is 6.14. The van der Waals surface area contributed by atoms with Gasteiger partial charge in [-0.3, -0.25) is 4.79 Å². The van der Waals surface area contributed by atoms with Gasteiger partial charge < -0.3 is 14.4 Å². The lowest BCUT2D eigenvalue weighted by molar-refractivity contribution is -0.136. The predicted octanol–water partition coefficient (Wildman–Crippen LogP) is 2.15. The number of amides is 1. The predicted molar refractivity (Wildman–Crippen MR) is 83.9 cm³/mol. The van der Waals surface area contributed by atoms with Crippen LogP contribution in [0.2, 0.25) is 0 Å². The number of rotatable bonds is 6. The minimum Gasteiger partial charge on any atom is -0.335 e. The van der Waals surface area contributed by atoms with Crippen molar-refractivity contribution in [3.63, 3.8) is 0 Å². The van der Waals surface area contributed by atoms with Crippen LogP contribution in [0, 0.1) is 5.92 Å². The number of hydrogen-bond donors (Lipinski definition) is 0. The molecule has 0 N–H and O–H groups in total. The number of imidazole rings is 1. The van der Waals surface area contributed by atoms with Crippen molar-refractivity contribution in [3.8, 4) is 0 Å². The van der Waals surface area contributed by atoms with Crippen LogP contribution in [-0.4, -0.2) is 51.4 Å². The number of carbonyl (C=O) groups excluding carboxylic acids is 1. The molecule has 0 bridgehead atoms. The van der Waals surface area contributed by atoms with Gasteiger partial charge in [-0.15, -0.1) is 0 Å². The molecule has 0 unspecified atom stereocenters. The molecule has 118 valence electrons. The Hall–Kier alpha value is -1.36. The maximum Gasteiger partial charge on any atom is 0.225 e. The largest absolute Gasteiger partial charge is 0.335 e. The van der Waals surface area contributed by atoms with Crippen molar-refractivity contribution in [1.82, 2.24) is 19.4 Å². The topological polar surface area (TPSA) is 41.4 Å². The van der Waals surface area contributed by atoms with Gasteiger partial charge in [0.1, 0.15) is 0 Å². The molecule has 0 saturated carbocycles. The van der Waals surface area contributed by atoms with Gasteiger partial charge in [-0.1, -0.05) is 27.7 Å². The molecule has 0 radical (unpaired) electrons. The van der Waals surface area contributed by atoms with Crippen LogP contribution in [0.25, 0.3) is 0 Å². The van der Waals surface area contributed by atoms with Gasteiger partial charge >= 0.3 is 0 Å². The van der Waals surface area contributed by atoms with Crippen LogP contribution < -0.4 is 0 Å². The minimum absolute atomic E-state index is 0.0582. The summed E-state index contributed by atoms with van der Waals surface area (Å²) in [6, 6.07) is 0.347. The second kappa shape index (κ2) is 7.07. The molecular formula is C16H28N4O. The fourth-order valence-corrected chi connectivity index (χ4v) is 3.02. The summed E-state index contributed by atoms with van der Waals surface area (Å²) < 4.78 is 2.26. The van der Waals surface area contributed by atoms with E-state index in [0.29, 0.717) is 12.6 Å². The SMILES string of the molecule is CCN(CC)CC[C@@H]1CN(C(=O)C(C)C)Cc2cncn21. The van der Waals surface area contributed by atoms with Gasteiger partial charge in [0.25, 0.3) is 0 Å². The van der Waals surface area contributed by atoms with Crippen molar-refractivity contribution < 1.29 is 4.79 Å². The molecule has 0 fully saturated rings. The second-order valence-electron chi connectivity index (χ2n) is 6.14. The Morgan fingerprint density at radius 2 is 2.14 bits per heavy atom. The summed E-state index contributed by atoms with van der Waals surface area (Å²) in [7, 11) is 0. The fraction of sp³-hybridized carbons (Fsp3) is 0.750. The zero-order valence-corrected chi connectivity index (χ0v) is 13.7. The summed E-state index contributed by atoms with van der Waals surface area (Å²) >= 11 is 0. The van der Waals surface area contributed by atoms with Gasteiger partial charge in [0, 0.05) is 25.2 Å². The molecule has 1 aromatic heterocycles. The maximum absolute atomic E-state index is 12.3. The van der Waals surface area contributed by atoms with Crippen LogP contribution in [0.1, 0.15) is 45.9 Å². The van der Waals surface area contributed by atoms with Crippen LogP contribution in [0.4, 0.5) is 0 Å². The van der Waals surface area contributed by atoms with E-state index < -0.39 is 0 Å². The third-order valence-electron chi connectivity index (χ3n) is 4.40. The first-order valence-electron chi connectivity index (χ1n) is 8.08. The molecule has 1 amide bonds. The van der Waals surface area contributed by atoms with Crippen LogP contribution >= 0.6 is 0 Å². The number of fused-ring (bicyclic) bond motifs is 1. The van der Waals surface area contributed by atoms with E-state index >= 15 is 0 Å². The van der Waals surface area contributed by atoms with E-state index in [1.54, 1.807) is 0 Å². The van der Waals surface area contributed by atoms with Crippen molar-refractivity contribution in [1.29, 1.82) is 0 Å². The van der Waals surface area contributed by atoms with Gasteiger partial charge in [-0.2, -0.15) is 0 Å². The molecular weight excluding hydrogens is 264 g/mol. The lowest BCUT2D eigenvalue weighted by Crippen LogP contribution is -2.43. The zero-order valence-electron chi connectivity index (χ0n) is 13.7. The Bertz CT molecular complexity index is 465. The quantitative estimate of drug-likeness (QED) is 0.807. The fourth-order valence-electron chi connectivity index (χ4n) is 3.02. The first kappa shape index (κ1) is 16.0. The van der Waals surface area contributed by atoms with Gasteiger partial charge in [-0.05, 0) is 19.5 Å². The highest BCUT2D eigenvalue weighted by Gasteiger charge is 2.28. The molecule has 1 aliphatic heterocycles. The van der Waals surface area contributed by atoms with Crippen molar-refractivity contribution in [2.24, 2.45) is 5.92 Å². The monoisotopic (exact) mass is 292 g/mol. The van der Waals surface area contributed by atoms with Crippen molar-refractivity contribution in [3.05, 3.63) is 18.2 Å². The number of nitrogens with zero attached hydrogens (tertiary/aromatic N) is 4. The molecule has 5 heteroatoms. The first-order chi connectivity index (χ1) is 10.1. The molecule has 0 aliphatic carbocycles. The Balaban J connectivity index is 2.08. The lowest BCUT2D eigenvalue weighted by atomic mass is 10.1. The lowest BCUT2D eigenvalue weighted by Gasteiger charge is -2.36. The molecule has 0 spiro atoms. The average Bonchev–Trinajstić information content (AvgIpc) is 2.95. The van der Waals surface area contributed by atoms with Gasteiger partial charge in [0.05, 0.1) is 24.6 Å². The van der Waals surface area contributed by atoms with E-state index in [-0.39, 0.29) is 11.8 Å². The summed E-state index contributed by atoms with van der Waals surface area (Å²) in [5.74, 6) is 0.304. The van der Waals surface area contributed by atoms with Gasteiger partial charge in [-0.25, -0.2) is 4.98 Å². The van der Waals surface area contributed by atoms with E-state index in [0.717, 1.165) is 38.3 Å². The average molecular weight is 292 g/mol. The van der Waals surface area contributed by atoms with Crippen LogP contribution in [0.5, 0.6) is 0 Å². The molecule has 1 atom stereocenters. The van der Waals surface area contributed by atoms with E-state index in [1.807, 2.05) is 31.3 Å². The maximum atomic E-state index is 12.3. The summed E-state index contributed by atoms with van der Waals surface area (Å²) in [5.41, 5.74) is 1.15. The third-order valence-corrected chi connectivity index (χ3v) is 4.40.